The molecule has 2 aromatic rings. The van der Waals surface area contributed by atoms with Crippen LogP contribution in [-0.4, -0.2) is 26.6 Å². The van der Waals surface area contributed by atoms with E-state index in [2.05, 4.69) is 38.7 Å². The molecule has 5 heteroatoms. The molecule has 1 fully saturated rings. The van der Waals surface area contributed by atoms with Gasteiger partial charge in [-0.3, -0.25) is 4.68 Å². The second-order valence-electron chi connectivity index (χ2n) is 5.10. The molecule has 3 rings (SSSR count). The highest BCUT2D eigenvalue weighted by Crippen LogP contribution is 2.40. The van der Waals surface area contributed by atoms with Crippen molar-refractivity contribution < 1.29 is 0 Å². The summed E-state index contributed by atoms with van der Waals surface area (Å²) in [5.74, 6) is 0.822. The Balaban J connectivity index is 1.72. The average molecular weight is 245 g/mol. The molecule has 0 radical (unpaired) electrons. The van der Waals surface area contributed by atoms with E-state index in [0.717, 1.165) is 18.2 Å². The van der Waals surface area contributed by atoms with E-state index in [1.165, 1.54) is 18.4 Å². The Bertz CT molecular complexity index is 523. The first-order valence-electron chi connectivity index (χ1n) is 6.44. The Morgan fingerprint density at radius 1 is 1.44 bits per heavy atom. The fraction of sp³-hybridized carbons (Fsp3) is 0.538. The molecule has 5 nitrogen and oxygen atoms in total. The molecule has 0 spiro atoms. The Hall–Kier alpha value is -1.62. The average Bonchev–Trinajstić information content (AvgIpc) is 2.94. The van der Waals surface area contributed by atoms with Gasteiger partial charge in [-0.05, 0) is 37.4 Å². The normalized spacial score (nSPS) is 17.0. The third kappa shape index (κ3) is 2.31. The lowest BCUT2D eigenvalue weighted by Crippen LogP contribution is -2.17. The van der Waals surface area contributed by atoms with Gasteiger partial charge in [-0.2, -0.15) is 0 Å². The Morgan fingerprint density at radius 3 is 2.89 bits per heavy atom. The number of hydrogen-bond acceptors (Lipinski definition) is 3. The van der Waals surface area contributed by atoms with Crippen LogP contribution < -0.4 is 5.32 Å². The zero-order valence-corrected chi connectivity index (χ0v) is 10.9. The van der Waals surface area contributed by atoms with E-state index in [1.807, 2.05) is 20.3 Å². The zero-order chi connectivity index (χ0) is 12.5. The summed E-state index contributed by atoms with van der Waals surface area (Å²) in [7, 11) is 3.94. The summed E-state index contributed by atoms with van der Waals surface area (Å²) in [5.41, 5.74) is 2.37. The van der Waals surface area contributed by atoms with Crippen LogP contribution in [0.1, 0.15) is 30.1 Å². The maximum atomic E-state index is 4.11. The molecule has 1 aliphatic rings. The van der Waals surface area contributed by atoms with Gasteiger partial charge in [0.15, 0.2) is 0 Å². The number of hydrogen-bond donors (Lipinski definition) is 1. The molecule has 1 saturated carbocycles. The van der Waals surface area contributed by atoms with Gasteiger partial charge < -0.3 is 9.88 Å². The van der Waals surface area contributed by atoms with Gasteiger partial charge in [-0.1, -0.05) is 5.21 Å². The topological polar surface area (TPSA) is 47.7 Å². The van der Waals surface area contributed by atoms with Gasteiger partial charge in [-0.15, -0.1) is 5.10 Å². The van der Waals surface area contributed by atoms with Crippen molar-refractivity contribution in [2.24, 2.45) is 13.0 Å². The van der Waals surface area contributed by atoms with E-state index in [0.29, 0.717) is 6.04 Å². The summed E-state index contributed by atoms with van der Waals surface area (Å²) in [6.45, 7) is 0.787. The number of aromatic nitrogens is 4. The summed E-state index contributed by atoms with van der Waals surface area (Å²) in [5, 5.41) is 11.5. The van der Waals surface area contributed by atoms with Crippen molar-refractivity contribution >= 4 is 0 Å². The van der Waals surface area contributed by atoms with Crippen LogP contribution in [0.3, 0.4) is 0 Å². The van der Waals surface area contributed by atoms with Crippen molar-refractivity contribution in [1.29, 1.82) is 0 Å². The maximum Gasteiger partial charge on any atom is 0.102 e. The summed E-state index contributed by atoms with van der Waals surface area (Å²) in [4.78, 5) is 0. The number of nitrogens with one attached hydrogen (secondary N) is 1. The van der Waals surface area contributed by atoms with Crippen LogP contribution in [0.15, 0.2) is 24.7 Å². The molecule has 0 amide bonds. The Kier molecular flexibility index (Phi) is 2.91. The summed E-state index contributed by atoms with van der Waals surface area (Å²) >= 11 is 0. The molecule has 1 atom stereocenters. The predicted octanol–water partition coefficient (Wildman–Crippen LogP) is 1.34. The molecule has 0 aromatic carbocycles. The van der Waals surface area contributed by atoms with Crippen molar-refractivity contribution in [3.8, 4) is 0 Å². The minimum absolute atomic E-state index is 0.508. The van der Waals surface area contributed by atoms with E-state index in [9.17, 15) is 0 Å². The van der Waals surface area contributed by atoms with Gasteiger partial charge in [-0.25, -0.2) is 0 Å². The van der Waals surface area contributed by atoms with Crippen LogP contribution in [0.2, 0.25) is 0 Å². The maximum absolute atomic E-state index is 4.11. The molecule has 2 heterocycles. The van der Waals surface area contributed by atoms with Crippen molar-refractivity contribution in [3.63, 3.8) is 0 Å². The van der Waals surface area contributed by atoms with Crippen molar-refractivity contribution in [1.82, 2.24) is 24.9 Å². The quantitative estimate of drug-likeness (QED) is 0.864. The highest BCUT2D eigenvalue weighted by molar-refractivity contribution is 5.18. The molecule has 1 aliphatic carbocycles. The molecular formula is C13H19N5. The van der Waals surface area contributed by atoms with Crippen LogP contribution in [0.4, 0.5) is 0 Å². The highest BCUT2D eigenvalue weighted by Gasteiger charge is 2.31. The molecule has 96 valence electrons. The Labute approximate surface area is 107 Å². The lowest BCUT2D eigenvalue weighted by atomic mass is 10.1. The number of aryl methyl sites for hydroxylation is 1. The van der Waals surface area contributed by atoms with Crippen LogP contribution in [-0.2, 0) is 13.6 Å². The van der Waals surface area contributed by atoms with Crippen LogP contribution in [0.25, 0.3) is 0 Å². The molecule has 1 N–H and O–H groups in total. The van der Waals surface area contributed by atoms with Crippen LogP contribution >= 0.6 is 0 Å². The minimum Gasteiger partial charge on any atom is -0.348 e. The molecule has 0 saturated heterocycles. The van der Waals surface area contributed by atoms with Gasteiger partial charge in [0.2, 0.25) is 0 Å². The third-order valence-corrected chi connectivity index (χ3v) is 3.53. The molecule has 18 heavy (non-hydrogen) atoms. The van der Waals surface area contributed by atoms with E-state index in [-0.39, 0.29) is 0 Å². The minimum atomic E-state index is 0.508. The monoisotopic (exact) mass is 245 g/mol. The summed E-state index contributed by atoms with van der Waals surface area (Å²) in [6.07, 6.45) is 8.99. The molecule has 0 aliphatic heterocycles. The first kappa shape index (κ1) is 11.5. The summed E-state index contributed by atoms with van der Waals surface area (Å²) in [6, 6.07) is 2.71. The van der Waals surface area contributed by atoms with E-state index < -0.39 is 0 Å². The highest BCUT2D eigenvalue weighted by atomic mass is 15.4. The van der Waals surface area contributed by atoms with Gasteiger partial charge in [0, 0.05) is 31.7 Å². The van der Waals surface area contributed by atoms with Crippen molar-refractivity contribution in [2.75, 3.05) is 7.05 Å². The van der Waals surface area contributed by atoms with Crippen molar-refractivity contribution in [3.05, 3.63) is 35.9 Å². The van der Waals surface area contributed by atoms with Gasteiger partial charge in [0.05, 0.1) is 6.54 Å². The third-order valence-electron chi connectivity index (χ3n) is 3.53. The van der Waals surface area contributed by atoms with E-state index in [4.69, 9.17) is 0 Å². The smallest absolute Gasteiger partial charge is 0.102 e. The SMILES string of the molecule is CNC(c1ccn(Cc2cn(C)nn2)c1)C1CC1. The van der Waals surface area contributed by atoms with Gasteiger partial charge >= 0.3 is 0 Å². The van der Waals surface area contributed by atoms with Crippen molar-refractivity contribution in [2.45, 2.75) is 25.4 Å². The zero-order valence-electron chi connectivity index (χ0n) is 10.9. The first-order valence-corrected chi connectivity index (χ1v) is 6.44. The molecule has 1 unspecified atom stereocenters. The standard InChI is InChI=1S/C13H19N5/c1-14-13(10-3-4-10)11-5-6-18(7-11)9-12-8-17(2)16-15-12/h5-8,10,13-14H,3-4,9H2,1-2H3. The fourth-order valence-corrected chi connectivity index (χ4v) is 2.50. The predicted molar refractivity (Wildman–Crippen MR) is 69.1 cm³/mol. The lowest BCUT2D eigenvalue weighted by Gasteiger charge is -2.13. The fourth-order valence-electron chi connectivity index (χ4n) is 2.50. The van der Waals surface area contributed by atoms with Gasteiger partial charge in [0.1, 0.15) is 5.69 Å². The second-order valence-corrected chi connectivity index (χ2v) is 5.10. The van der Waals surface area contributed by atoms with Crippen LogP contribution in [0, 0.1) is 5.92 Å². The van der Waals surface area contributed by atoms with E-state index >= 15 is 0 Å². The van der Waals surface area contributed by atoms with E-state index in [1.54, 1.807) is 4.68 Å². The summed E-state index contributed by atoms with van der Waals surface area (Å²) < 4.78 is 3.91. The van der Waals surface area contributed by atoms with Gasteiger partial charge in [0.25, 0.3) is 0 Å². The van der Waals surface area contributed by atoms with Crippen LogP contribution in [0.5, 0.6) is 0 Å². The Morgan fingerprint density at radius 2 is 2.28 bits per heavy atom. The molecule has 0 bridgehead atoms. The largest absolute Gasteiger partial charge is 0.348 e. The lowest BCUT2D eigenvalue weighted by molar-refractivity contribution is 0.528. The molecular weight excluding hydrogens is 226 g/mol. The first-order chi connectivity index (χ1) is 8.76. The second kappa shape index (κ2) is 4.57. The molecule has 2 aromatic heterocycles. The number of rotatable bonds is 5. The number of nitrogens with zero attached hydrogens (tertiary/aromatic N) is 4.